The van der Waals surface area contributed by atoms with Gasteiger partial charge in [0.2, 0.25) is 5.78 Å². The number of likely N-dealkylation sites (N-methyl/N-ethyl adjacent to an activating group) is 1. The van der Waals surface area contributed by atoms with Crippen LogP contribution in [0.1, 0.15) is 50.3 Å². The van der Waals surface area contributed by atoms with Gasteiger partial charge in [-0.05, 0) is 31.0 Å². The summed E-state index contributed by atoms with van der Waals surface area (Å²) >= 11 is 0. The van der Waals surface area contributed by atoms with Gasteiger partial charge in [-0.3, -0.25) is 19.3 Å². The molecule has 0 aliphatic heterocycles. The molecule has 0 radical (unpaired) electrons. The molecule has 0 aromatic heterocycles. The molecular formula is C28H37N3O8. The number of Topliss-reactive ketones (excluding diaryl/α,β-unsaturated/α-hetero) is 2. The van der Waals surface area contributed by atoms with Crippen LogP contribution in [0.3, 0.4) is 0 Å². The smallest absolute Gasteiger partial charge is 0.255 e. The van der Waals surface area contributed by atoms with Gasteiger partial charge in [0.15, 0.2) is 11.4 Å². The maximum atomic E-state index is 14.0. The number of nitrogens with two attached hydrogens (primary N) is 1. The van der Waals surface area contributed by atoms with Gasteiger partial charge in [-0.1, -0.05) is 39.8 Å². The number of amides is 1. The summed E-state index contributed by atoms with van der Waals surface area (Å²) in [7, 11) is 2.94. The van der Waals surface area contributed by atoms with Crippen LogP contribution in [0, 0.1) is 17.3 Å². The number of primary amides is 1. The number of carbonyl (C=O) groups excluding carboxylic acids is 3. The van der Waals surface area contributed by atoms with Gasteiger partial charge in [0.05, 0.1) is 23.6 Å². The van der Waals surface area contributed by atoms with Crippen molar-refractivity contribution in [3.8, 4) is 5.75 Å². The Kier molecular flexibility index (Phi) is 6.96. The van der Waals surface area contributed by atoms with Gasteiger partial charge in [0.25, 0.3) is 5.91 Å². The van der Waals surface area contributed by atoms with Crippen molar-refractivity contribution >= 4 is 23.2 Å². The van der Waals surface area contributed by atoms with Crippen molar-refractivity contribution in [2.45, 2.75) is 57.9 Å². The summed E-state index contributed by atoms with van der Waals surface area (Å²) in [5, 5.41) is 60.1. The molecule has 2 unspecified atom stereocenters. The van der Waals surface area contributed by atoms with E-state index in [2.05, 4.69) is 26.1 Å². The van der Waals surface area contributed by atoms with Crippen molar-refractivity contribution in [1.82, 2.24) is 10.2 Å². The highest BCUT2D eigenvalue weighted by molar-refractivity contribution is 6.24. The largest absolute Gasteiger partial charge is 0.508 e. The van der Waals surface area contributed by atoms with Crippen LogP contribution in [0.4, 0.5) is 0 Å². The first-order valence-electron chi connectivity index (χ1n) is 12.8. The maximum absolute atomic E-state index is 14.0. The summed E-state index contributed by atoms with van der Waals surface area (Å²) in [5.41, 5.74) is 1.97. The van der Waals surface area contributed by atoms with E-state index in [1.165, 1.54) is 19.0 Å². The summed E-state index contributed by atoms with van der Waals surface area (Å²) in [6, 6.07) is 2.03. The molecule has 1 aromatic rings. The summed E-state index contributed by atoms with van der Waals surface area (Å²) in [6.07, 6.45) is -1.61. The van der Waals surface area contributed by atoms with Crippen molar-refractivity contribution < 1.29 is 39.9 Å². The molecule has 0 bridgehead atoms. The molecule has 11 heteroatoms. The number of hydrogen-bond donors (Lipinski definition) is 7. The van der Waals surface area contributed by atoms with E-state index in [-0.39, 0.29) is 23.3 Å². The third-order valence-electron chi connectivity index (χ3n) is 8.18. The monoisotopic (exact) mass is 543 g/mol. The lowest BCUT2D eigenvalue weighted by Gasteiger charge is -2.53. The minimum Gasteiger partial charge on any atom is -0.508 e. The van der Waals surface area contributed by atoms with Gasteiger partial charge in [-0.15, -0.1) is 0 Å². The van der Waals surface area contributed by atoms with Crippen LogP contribution in [-0.2, 0) is 20.9 Å². The van der Waals surface area contributed by atoms with Gasteiger partial charge >= 0.3 is 0 Å². The molecule has 1 saturated carbocycles. The first-order chi connectivity index (χ1) is 18.0. The zero-order valence-corrected chi connectivity index (χ0v) is 22.9. The topological polar surface area (TPSA) is 194 Å². The van der Waals surface area contributed by atoms with Crippen molar-refractivity contribution in [3.05, 3.63) is 45.7 Å². The van der Waals surface area contributed by atoms with Crippen molar-refractivity contribution in [1.29, 1.82) is 0 Å². The predicted molar refractivity (Wildman–Crippen MR) is 142 cm³/mol. The Balaban J connectivity index is 1.92. The number of hydrogen-bond acceptors (Lipinski definition) is 10. The van der Waals surface area contributed by atoms with E-state index in [0.717, 1.165) is 0 Å². The van der Waals surface area contributed by atoms with E-state index in [1.807, 2.05) is 0 Å². The lowest BCUT2D eigenvalue weighted by molar-refractivity contribution is -0.169. The first kappa shape index (κ1) is 28.8. The third-order valence-corrected chi connectivity index (χ3v) is 8.18. The summed E-state index contributed by atoms with van der Waals surface area (Å²) in [6.45, 7) is 8.78. The van der Waals surface area contributed by atoms with E-state index in [0.29, 0.717) is 17.7 Å². The predicted octanol–water partition coefficient (Wildman–Crippen LogP) is 0.632. The van der Waals surface area contributed by atoms with Crippen LogP contribution in [0.15, 0.2) is 29.0 Å². The molecule has 1 amide bonds. The molecule has 3 aliphatic carbocycles. The zero-order chi connectivity index (χ0) is 29.4. The number of nitrogens with zero attached hydrogens (tertiary/aromatic N) is 1. The molecule has 8 N–H and O–H groups in total. The Hall–Kier alpha value is -3.25. The van der Waals surface area contributed by atoms with E-state index < -0.39 is 75.6 Å². The summed E-state index contributed by atoms with van der Waals surface area (Å²) < 4.78 is 0. The van der Waals surface area contributed by atoms with Crippen LogP contribution in [-0.4, -0.2) is 86.3 Å². The van der Waals surface area contributed by atoms with Crippen LogP contribution >= 0.6 is 0 Å². The molecule has 0 spiro atoms. The number of aliphatic hydroxyl groups excluding tert-OH is 3. The molecule has 4 rings (SSSR count). The molecule has 39 heavy (non-hydrogen) atoms. The number of ketones is 2. The van der Waals surface area contributed by atoms with E-state index in [9.17, 15) is 39.9 Å². The quantitative estimate of drug-likeness (QED) is 0.259. The number of phenols is 1. The number of carbonyl (C=O) groups is 3. The van der Waals surface area contributed by atoms with Crippen LogP contribution < -0.4 is 11.1 Å². The van der Waals surface area contributed by atoms with Crippen LogP contribution in [0.5, 0.6) is 5.75 Å². The van der Waals surface area contributed by atoms with E-state index in [1.54, 1.807) is 19.1 Å². The lowest BCUT2D eigenvalue weighted by Crippen LogP contribution is -2.70. The van der Waals surface area contributed by atoms with E-state index >= 15 is 0 Å². The number of aliphatic hydroxyl groups is 4. The molecule has 11 nitrogen and oxygen atoms in total. The standard InChI is InChI=1S/C28H37N3O8/c1-11-13-8-7-12(9-30-10-27(2,3)4)20(32)15(13)21(33)16-14(11)22(34)18-19(31(5)6)23(35)17(26(29)38)25(37)28(18,39)24(16)36/h7-8,11,14,18-19,22,30,32-34,37,39H,9-10H2,1-6H3,(H2,29,38)/t11-,14?,18?,19-,22-,28-/m0/s1. The average molecular weight is 544 g/mol. The first-order valence-corrected chi connectivity index (χ1v) is 12.8. The normalized spacial score (nSPS) is 30.8. The lowest BCUT2D eigenvalue weighted by atomic mass is 9.54. The molecule has 0 heterocycles. The number of aromatic hydroxyl groups is 1. The molecule has 1 aromatic carbocycles. The zero-order valence-electron chi connectivity index (χ0n) is 22.9. The molecule has 212 valence electrons. The Morgan fingerprint density at radius 1 is 1.15 bits per heavy atom. The average Bonchev–Trinajstić information content (AvgIpc) is 2.81. The molecule has 3 aliphatic rings. The SMILES string of the molecule is C[C@H]1c2ccc(CNCC(C)(C)C)c(O)c2C(O)=C2C(=O)[C@]3(O)C(O)=C(C(N)=O)C(=O)[C@@H](N(C)C)C3[C@@H](O)C21. The Bertz CT molecular complexity index is 1320. The minimum atomic E-state index is -2.93. The summed E-state index contributed by atoms with van der Waals surface area (Å²) in [5.74, 6) is -8.91. The fourth-order valence-corrected chi connectivity index (χ4v) is 6.37. The Labute approximate surface area is 226 Å². The van der Waals surface area contributed by atoms with Crippen LogP contribution in [0.25, 0.3) is 5.76 Å². The Morgan fingerprint density at radius 2 is 1.77 bits per heavy atom. The maximum Gasteiger partial charge on any atom is 0.255 e. The highest BCUT2D eigenvalue weighted by atomic mass is 16.4. The fraction of sp³-hybridized carbons (Fsp3) is 0.536. The molecule has 0 saturated heterocycles. The molecular weight excluding hydrogens is 506 g/mol. The second-order valence-electron chi connectivity index (χ2n) is 12.3. The number of nitrogens with one attached hydrogen (secondary N) is 1. The number of phenolic OH excluding ortho intramolecular Hbond substituents is 1. The number of fused-ring (bicyclic) bond motifs is 3. The van der Waals surface area contributed by atoms with Crippen molar-refractivity contribution in [2.75, 3.05) is 20.6 Å². The van der Waals surface area contributed by atoms with Gasteiger partial charge < -0.3 is 36.6 Å². The third kappa shape index (κ3) is 4.15. The van der Waals surface area contributed by atoms with Gasteiger partial charge in [-0.2, -0.15) is 0 Å². The minimum absolute atomic E-state index is 0.0129. The van der Waals surface area contributed by atoms with E-state index in [4.69, 9.17) is 5.73 Å². The number of rotatable bonds is 5. The molecule has 6 atom stereocenters. The summed E-state index contributed by atoms with van der Waals surface area (Å²) in [4.78, 5) is 40.7. The highest BCUT2D eigenvalue weighted by Gasteiger charge is 2.68. The van der Waals surface area contributed by atoms with Gasteiger partial charge in [0.1, 0.15) is 22.8 Å². The highest BCUT2D eigenvalue weighted by Crippen LogP contribution is 2.56. The second kappa shape index (κ2) is 9.44. The number of benzene rings is 1. The van der Waals surface area contributed by atoms with Crippen LogP contribution in [0.2, 0.25) is 0 Å². The fourth-order valence-electron chi connectivity index (χ4n) is 6.37. The second-order valence-corrected chi connectivity index (χ2v) is 12.3. The van der Waals surface area contributed by atoms with Gasteiger partial charge in [-0.25, -0.2) is 0 Å². The van der Waals surface area contributed by atoms with Crippen molar-refractivity contribution in [3.63, 3.8) is 0 Å². The molecule has 1 fully saturated rings. The Morgan fingerprint density at radius 3 is 2.31 bits per heavy atom. The van der Waals surface area contributed by atoms with Crippen molar-refractivity contribution in [2.24, 2.45) is 23.0 Å². The van der Waals surface area contributed by atoms with Gasteiger partial charge in [0, 0.05) is 30.1 Å².